The summed E-state index contributed by atoms with van der Waals surface area (Å²) >= 11 is 0. The maximum atomic E-state index is 13.8. The Morgan fingerprint density at radius 2 is 1.16 bits per heavy atom. The zero-order valence-electron chi connectivity index (χ0n) is 33.1. The van der Waals surface area contributed by atoms with Crippen molar-refractivity contribution in [2.45, 2.75) is 159 Å². The third kappa shape index (κ3) is 7.51. The zero-order valence-corrected chi connectivity index (χ0v) is 33.1. The van der Waals surface area contributed by atoms with Crippen molar-refractivity contribution in [1.82, 2.24) is 0 Å². The van der Waals surface area contributed by atoms with Gasteiger partial charge in [0.15, 0.2) is 24.7 Å². The van der Waals surface area contributed by atoms with Gasteiger partial charge in [0, 0.05) is 36.6 Å². The summed E-state index contributed by atoms with van der Waals surface area (Å²) in [5.41, 5.74) is 0.264. The Hall–Kier alpha value is -3.74. The molecule has 0 saturated carbocycles. The fraction of sp³-hybridized carbons (Fsp3) is 0.581. The van der Waals surface area contributed by atoms with Gasteiger partial charge in [0.05, 0.1) is 71.6 Å². The van der Waals surface area contributed by atoms with Crippen LogP contribution in [0.1, 0.15) is 115 Å². The van der Waals surface area contributed by atoms with Crippen molar-refractivity contribution in [3.63, 3.8) is 0 Å². The Labute approximate surface area is 335 Å². The van der Waals surface area contributed by atoms with Crippen LogP contribution in [0.3, 0.4) is 0 Å². The molecule has 0 amide bonds. The van der Waals surface area contributed by atoms with Gasteiger partial charge in [-0.2, -0.15) is 0 Å². The molecule has 314 valence electrons. The molecular formula is C43H52O15. The molecule has 15 heteroatoms. The number of hydrogen-bond donors (Lipinski definition) is 6. The molecule has 6 N–H and O–H groups in total. The number of hydrogen-bond acceptors (Lipinski definition) is 15. The molecular weight excluding hydrogens is 756 g/mol. The average molecular weight is 809 g/mol. The third-order valence-electron chi connectivity index (χ3n) is 12.3. The lowest BCUT2D eigenvalue weighted by Gasteiger charge is -2.44. The van der Waals surface area contributed by atoms with Crippen LogP contribution in [0.2, 0.25) is 0 Å². The first kappa shape index (κ1) is 41.0. The highest BCUT2D eigenvalue weighted by Gasteiger charge is 2.44. The van der Waals surface area contributed by atoms with Gasteiger partial charge in [0.2, 0.25) is 5.78 Å². The Kier molecular flexibility index (Phi) is 11.3. The summed E-state index contributed by atoms with van der Waals surface area (Å²) in [5.74, 6) is -2.88. The van der Waals surface area contributed by atoms with Crippen LogP contribution < -0.4 is 0 Å². The summed E-state index contributed by atoms with van der Waals surface area (Å²) in [6, 6.07) is 7.33. The van der Waals surface area contributed by atoms with Crippen LogP contribution in [0.5, 0.6) is 17.2 Å². The second kappa shape index (κ2) is 16.0. The number of phenols is 3. The molecule has 0 bridgehead atoms. The highest BCUT2D eigenvalue weighted by molar-refractivity contribution is 6.32. The molecule has 3 aromatic carbocycles. The van der Waals surface area contributed by atoms with E-state index in [4.69, 9.17) is 33.2 Å². The highest BCUT2D eigenvalue weighted by atomic mass is 16.7. The molecule has 15 nitrogen and oxygen atoms in total. The first-order chi connectivity index (χ1) is 27.6. The van der Waals surface area contributed by atoms with E-state index < -0.39 is 103 Å². The van der Waals surface area contributed by atoms with Gasteiger partial charge >= 0.3 is 0 Å². The molecule has 1 aliphatic carbocycles. The fourth-order valence-electron chi connectivity index (χ4n) is 9.09. The summed E-state index contributed by atoms with van der Waals surface area (Å²) in [7, 11) is 0. The van der Waals surface area contributed by atoms with Crippen molar-refractivity contribution in [2.24, 2.45) is 0 Å². The summed E-state index contributed by atoms with van der Waals surface area (Å²) in [5, 5.41) is 65.5. The van der Waals surface area contributed by atoms with E-state index in [9.17, 15) is 40.2 Å². The van der Waals surface area contributed by atoms with Gasteiger partial charge in [-0.3, -0.25) is 9.59 Å². The normalized spacial score (nSPS) is 36.8. The maximum Gasteiger partial charge on any atom is 0.202 e. The minimum absolute atomic E-state index is 0.118. The lowest BCUT2D eigenvalue weighted by atomic mass is 9.80. The van der Waals surface area contributed by atoms with Crippen LogP contribution in [0.4, 0.5) is 0 Å². The van der Waals surface area contributed by atoms with Gasteiger partial charge in [0.1, 0.15) is 29.5 Å². The molecule has 3 aromatic rings. The number of rotatable bonds is 7. The van der Waals surface area contributed by atoms with Crippen LogP contribution in [0.15, 0.2) is 30.3 Å². The number of ketones is 2. The van der Waals surface area contributed by atoms with Gasteiger partial charge in [-0.1, -0.05) is 6.07 Å². The van der Waals surface area contributed by atoms with E-state index in [-0.39, 0.29) is 47.3 Å². The Bertz CT molecular complexity index is 2070. The van der Waals surface area contributed by atoms with Crippen LogP contribution in [-0.2, 0) is 33.2 Å². The SMILES string of the molecule is Cc1cc([C@H]2C[C@@H](O[C@H]3CC[C@H](O[C@H]4C[C@@H](O[C@H]5CC[C@H](O)[C@H](C)O5)[C@H](O)[C@@H](C)O4)[C@H](C)O3)[C@@H](O)[C@@H](C)O2)c2cc3c(c(O)c2c1)C(=O)c1c(O)ccc(O)c1C3=O. The number of aliphatic hydroxyl groups is 3. The monoisotopic (exact) mass is 808 g/mol. The van der Waals surface area contributed by atoms with E-state index in [1.807, 2.05) is 19.9 Å². The van der Waals surface area contributed by atoms with Gasteiger partial charge in [0.25, 0.3) is 0 Å². The molecule has 5 aliphatic rings. The van der Waals surface area contributed by atoms with E-state index >= 15 is 0 Å². The topological polar surface area (TPSA) is 220 Å². The highest BCUT2D eigenvalue weighted by Crippen LogP contribution is 2.46. The van der Waals surface area contributed by atoms with Crippen LogP contribution in [0, 0.1) is 6.92 Å². The fourth-order valence-corrected chi connectivity index (χ4v) is 9.09. The minimum Gasteiger partial charge on any atom is -0.507 e. The van der Waals surface area contributed by atoms with Crippen LogP contribution in [-0.4, -0.2) is 122 Å². The first-order valence-electron chi connectivity index (χ1n) is 20.2. The van der Waals surface area contributed by atoms with Gasteiger partial charge < -0.3 is 63.8 Å². The number of fused-ring (bicyclic) bond motifs is 3. The Balaban J connectivity index is 0.957. The summed E-state index contributed by atoms with van der Waals surface area (Å²) in [6.45, 7) is 8.98. The number of aliphatic hydroxyl groups excluding tert-OH is 3. The summed E-state index contributed by atoms with van der Waals surface area (Å²) in [6.07, 6.45) is -6.18. The third-order valence-corrected chi connectivity index (χ3v) is 12.3. The molecule has 14 atom stereocenters. The smallest absolute Gasteiger partial charge is 0.202 e. The van der Waals surface area contributed by atoms with E-state index in [0.29, 0.717) is 42.0 Å². The number of aromatic hydroxyl groups is 3. The molecule has 4 fully saturated rings. The summed E-state index contributed by atoms with van der Waals surface area (Å²) < 4.78 is 43.4. The van der Waals surface area contributed by atoms with Gasteiger partial charge in [-0.15, -0.1) is 0 Å². The average Bonchev–Trinajstić information content (AvgIpc) is 3.17. The van der Waals surface area contributed by atoms with Crippen molar-refractivity contribution in [1.29, 1.82) is 0 Å². The van der Waals surface area contributed by atoms with E-state index in [0.717, 1.165) is 17.7 Å². The molecule has 58 heavy (non-hydrogen) atoms. The zero-order chi connectivity index (χ0) is 41.3. The van der Waals surface area contributed by atoms with E-state index in [2.05, 4.69) is 0 Å². The predicted molar refractivity (Wildman–Crippen MR) is 204 cm³/mol. The molecule has 0 unspecified atom stereocenters. The lowest BCUT2D eigenvalue weighted by molar-refractivity contribution is -0.322. The van der Waals surface area contributed by atoms with Gasteiger partial charge in [-0.05, 0) is 88.2 Å². The second-order valence-corrected chi connectivity index (χ2v) is 16.4. The van der Waals surface area contributed by atoms with Crippen LogP contribution >= 0.6 is 0 Å². The molecule has 4 aliphatic heterocycles. The molecule has 0 radical (unpaired) electrons. The Morgan fingerprint density at radius 3 is 1.81 bits per heavy atom. The maximum absolute atomic E-state index is 13.8. The standard InChI is InChI=1S/C43H52O15/c1-17-12-23(22-14-25-36(41(49)24(22)13-17)43(51)38-28(46)7-6-27(45)37(38)42(25)50)30-15-31(39(47)20(4)52-30)57-34-11-9-29(19(3)54-34)56-35-16-32(40(48)21(5)55-35)58-33-10-8-26(44)18(2)53-33/h6-7,12-14,18-21,26,29-35,39-40,44-49H,8-11,15-16H2,1-5H3/t18-,19-,20+,21+,26-,29-,30+,31+,32+,33-,34-,35-,39-,40+/m0/s1. The molecule has 0 spiro atoms. The van der Waals surface area contributed by atoms with Crippen molar-refractivity contribution in [2.75, 3.05) is 0 Å². The predicted octanol–water partition coefficient (Wildman–Crippen LogP) is 4.31. The van der Waals surface area contributed by atoms with Crippen molar-refractivity contribution in [3.8, 4) is 17.2 Å². The van der Waals surface area contributed by atoms with Crippen molar-refractivity contribution in [3.05, 3.63) is 63.7 Å². The molecule has 0 aromatic heterocycles. The summed E-state index contributed by atoms with van der Waals surface area (Å²) in [4.78, 5) is 27.4. The van der Waals surface area contributed by atoms with E-state index in [1.165, 1.54) is 6.07 Å². The van der Waals surface area contributed by atoms with Crippen LogP contribution in [0.25, 0.3) is 10.8 Å². The number of phenolic OH excluding ortho intramolecular Hbond substituents is 3. The minimum atomic E-state index is -1.01. The van der Waals surface area contributed by atoms with Crippen molar-refractivity contribution < 1.29 is 73.4 Å². The second-order valence-electron chi connectivity index (χ2n) is 16.4. The first-order valence-corrected chi connectivity index (χ1v) is 20.2. The quantitative estimate of drug-likeness (QED) is 0.143. The number of carbonyl (C=O) groups excluding carboxylic acids is 2. The molecule has 8 rings (SSSR count). The van der Waals surface area contributed by atoms with E-state index in [1.54, 1.807) is 26.8 Å². The number of benzene rings is 3. The largest absolute Gasteiger partial charge is 0.507 e. The Morgan fingerprint density at radius 1 is 0.586 bits per heavy atom. The number of aryl methyl sites for hydroxylation is 1. The number of carbonyl (C=O) groups is 2. The molecule has 4 saturated heterocycles. The number of ether oxygens (including phenoxy) is 7. The molecule has 4 heterocycles. The van der Waals surface area contributed by atoms with Gasteiger partial charge in [-0.25, -0.2) is 0 Å². The lowest BCUT2D eigenvalue weighted by Crippen LogP contribution is -2.53. The van der Waals surface area contributed by atoms with Crippen molar-refractivity contribution >= 4 is 22.3 Å².